The third-order valence-corrected chi connectivity index (χ3v) is 5.66. The zero-order chi connectivity index (χ0) is 22.4. The molecule has 160 valence electrons. The molecule has 0 saturated carbocycles. The van der Waals surface area contributed by atoms with Crippen molar-refractivity contribution in [2.24, 2.45) is 5.92 Å². The highest BCUT2D eigenvalue weighted by Crippen LogP contribution is 2.47. The molecule has 2 aliphatic rings. The van der Waals surface area contributed by atoms with Crippen molar-refractivity contribution in [3.8, 4) is 0 Å². The van der Waals surface area contributed by atoms with Crippen LogP contribution in [0.4, 0.5) is 21.5 Å². The van der Waals surface area contributed by atoms with Crippen LogP contribution in [0.5, 0.6) is 0 Å². The first-order chi connectivity index (χ1) is 15.5. The molecule has 2 amide bonds. The molecule has 2 fully saturated rings. The minimum atomic E-state index is -1.08. The average molecular weight is 433 g/mol. The van der Waals surface area contributed by atoms with Gasteiger partial charge in [0.15, 0.2) is 6.10 Å². The molecule has 0 N–H and O–H groups in total. The molecule has 0 aromatic heterocycles. The van der Waals surface area contributed by atoms with E-state index >= 15 is 0 Å². The molecule has 0 radical (unpaired) electrons. The highest BCUT2D eigenvalue weighted by Gasteiger charge is 2.60. The number of amides is 2. The molecule has 5 rings (SSSR count). The number of hydrogen-bond donors (Lipinski definition) is 0. The quantitative estimate of drug-likeness (QED) is 0.353. The lowest BCUT2D eigenvalue weighted by Crippen LogP contribution is -2.37. The molecular formula is C23H16FN3O5. The number of carbonyl (C=O) groups is 2. The van der Waals surface area contributed by atoms with E-state index in [2.05, 4.69) is 0 Å². The third-order valence-electron chi connectivity index (χ3n) is 5.66. The predicted molar refractivity (Wildman–Crippen MR) is 112 cm³/mol. The molecular weight excluding hydrogens is 417 g/mol. The van der Waals surface area contributed by atoms with Gasteiger partial charge in [0, 0.05) is 12.1 Å². The first kappa shape index (κ1) is 19.8. The molecule has 0 aliphatic carbocycles. The van der Waals surface area contributed by atoms with Gasteiger partial charge in [-0.2, -0.15) is 0 Å². The van der Waals surface area contributed by atoms with Crippen LogP contribution in [0.1, 0.15) is 11.6 Å². The summed E-state index contributed by atoms with van der Waals surface area (Å²) in [5, 5.41) is 12.4. The van der Waals surface area contributed by atoms with Gasteiger partial charge in [-0.15, -0.1) is 0 Å². The van der Waals surface area contributed by atoms with Gasteiger partial charge in [-0.25, -0.2) is 14.4 Å². The number of hydroxylamine groups is 1. The zero-order valence-corrected chi connectivity index (χ0v) is 16.5. The Kier molecular flexibility index (Phi) is 4.67. The number of fused-ring (bicyclic) bond motifs is 1. The summed E-state index contributed by atoms with van der Waals surface area (Å²) in [4.78, 5) is 44.0. The molecule has 3 aromatic rings. The Balaban J connectivity index is 1.55. The highest BCUT2D eigenvalue weighted by atomic mass is 19.1. The van der Waals surface area contributed by atoms with E-state index < -0.39 is 40.6 Å². The molecule has 3 aromatic carbocycles. The van der Waals surface area contributed by atoms with Crippen molar-refractivity contribution < 1.29 is 23.7 Å². The van der Waals surface area contributed by atoms with Gasteiger partial charge in [0.25, 0.3) is 11.6 Å². The smallest absolute Gasteiger partial charge is 0.269 e. The van der Waals surface area contributed by atoms with E-state index in [4.69, 9.17) is 4.84 Å². The van der Waals surface area contributed by atoms with Gasteiger partial charge < -0.3 is 0 Å². The molecule has 2 saturated heterocycles. The highest BCUT2D eigenvalue weighted by molar-refractivity contribution is 6.23. The molecule has 32 heavy (non-hydrogen) atoms. The minimum Gasteiger partial charge on any atom is -0.273 e. The number of nitro benzene ring substituents is 1. The van der Waals surface area contributed by atoms with Gasteiger partial charge in [0.05, 0.1) is 22.3 Å². The number of non-ortho nitro benzene ring substituents is 1. The summed E-state index contributed by atoms with van der Waals surface area (Å²) in [7, 11) is 0. The number of nitro groups is 1. The Labute approximate surface area is 181 Å². The largest absolute Gasteiger partial charge is 0.273 e. The Morgan fingerprint density at radius 1 is 0.844 bits per heavy atom. The van der Waals surface area contributed by atoms with E-state index in [0.717, 1.165) is 4.90 Å². The number of nitrogens with zero attached hydrogens (tertiary/aromatic N) is 3. The third kappa shape index (κ3) is 3.10. The Hall–Kier alpha value is -4.11. The molecule has 9 heteroatoms. The summed E-state index contributed by atoms with van der Waals surface area (Å²) in [6, 6.07) is 19.3. The number of para-hydroxylation sites is 1. The van der Waals surface area contributed by atoms with Crippen LogP contribution in [0.15, 0.2) is 78.9 Å². The number of rotatable bonds is 4. The fraction of sp³-hybridized carbons (Fsp3) is 0.130. The lowest BCUT2D eigenvalue weighted by molar-refractivity contribution is -0.384. The first-order valence-electron chi connectivity index (χ1n) is 9.84. The van der Waals surface area contributed by atoms with Crippen molar-refractivity contribution in [2.75, 3.05) is 9.96 Å². The SMILES string of the molecule is O=C1C2ON(c3ccccc3)C(c3ccc(F)cc3)C2C(=O)N1c1ccc([N+](=O)[O-])cc1. The second kappa shape index (κ2) is 7.54. The van der Waals surface area contributed by atoms with E-state index in [1.807, 2.05) is 6.07 Å². The van der Waals surface area contributed by atoms with Gasteiger partial charge in [-0.1, -0.05) is 30.3 Å². The lowest BCUT2D eigenvalue weighted by atomic mass is 9.90. The van der Waals surface area contributed by atoms with Crippen molar-refractivity contribution in [3.05, 3.63) is 100 Å². The molecule has 8 nitrogen and oxygen atoms in total. The van der Waals surface area contributed by atoms with E-state index in [1.54, 1.807) is 36.4 Å². The van der Waals surface area contributed by atoms with Crippen LogP contribution in [0.2, 0.25) is 0 Å². The van der Waals surface area contributed by atoms with Gasteiger partial charge in [-0.05, 0) is 42.0 Å². The summed E-state index contributed by atoms with van der Waals surface area (Å²) in [5.74, 6) is -2.33. The van der Waals surface area contributed by atoms with Gasteiger partial charge in [-0.3, -0.25) is 24.5 Å². The second-order valence-corrected chi connectivity index (χ2v) is 7.49. The molecule has 2 aliphatic heterocycles. The standard InChI is InChI=1S/C23H16FN3O5/c24-15-8-6-14(7-9-15)20-19-21(32-26(20)17-4-2-1-3-5-17)23(29)25(22(19)28)16-10-12-18(13-11-16)27(30)31/h1-13,19-21H. The molecule has 0 bridgehead atoms. The molecule has 0 spiro atoms. The van der Waals surface area contributed by atoms with Crippen molar-refractivity contribution >= 4 is 28.9 Å². The van der Waals surface area contributed by atoms with Crippen LogP contribution < -0.4 is 9.96 Å². The topological polar surface area (TPSA) is 93.0 Å². The summed E-state index contributed by atoms with van der Waals surface area (Å²) >= 11 is 0. The summed E-state index contributed by atoms with van der Waals surface area (Å²) in [5.41, 5.74) is 1.35. The van der Waals surface area contributed by atoms with Crippen LogP contribution in [0, 0.1) is 21.8 Å². The van der Waals surface area contributed by atoms with E-state index in [9.17, 15) is 24.1 Å². The maximum Gasteiger partial charge on any atom is 0.269 e. The fourth-order valence-corrected chi connectivity index (χ4v) is 4.19. The predicted octanol–water partition coefficient (Wildman–Crippen LogP) is 3.79. The number of hydrogen-bond acceptors (Lipinski definition) is 6. The number of imide groups is 1. The van der Waals surface area contributed by atoms with Crippen LogP contribution in [0.25, 0.3) is 0 Å². The van der Waals surface area contributed by atoms with Crippen molar-refractivity contribution in [2.45, 2.75) is 12.1 Å². The van der Waals surface area contributed by atoms with Gasteiger partial charge in [0.1, 0.15) is 11.7 Å². The maximum absolute atomic E-state index is 13.6. The monoisotopic (exact) mass is 433 g/mol. The maximum atomic E-state index is 13.6. The van der Waals surface area contributed by atoms with Crippen molar-refractivity contribution in [1.29, 1.82) is 0 Å². The zero-order valence-electron chi connectivity index (χ0n) is 16.5. The van der Waals surface area contributed by atoms with Crippen LogP contribution in [-0.4, -0.2) is 22.8 Å². The number of anilines is 2. The van der Waals surface area contributed by atoms with Crippen molar-refractivity contribution in [3.63, 3.8) is 0 Å². The summed E-state index contributed by atoms with van der Waals surface area (Å²) < 4.78 is 13.6. The molecule has 3 atom stereocenters. The van der Waals surface area contributed by atoms with Crippen molar-refractivity contribution in [1.82, 2.24) is 0 Å². The Bertz CT molecular complexity index is 1200. The number of benzene rings is 3. The lowest BCUT2D eigenvalue weighted by Gasteiger charge is -2.28. The molecule has 3 unspecified atom stereocenters. The summed E-state index contributed by atoms with van der Waals surface area (Å²) in [6.07, 6.45) is -1.08. The van der Waals surface area contributed by atoms with Gasteiger partial charge in [0.2, 0.25) is 5.91 Å². The van der Waals surface area contributed by atoms with Gasteiger partial charge >= 0.3 is 0 Å². The Morgan fingerprint density at radius 3 is 2.12 bits per heavy atom. The van der Waals surface area contributed by atoms with Crippen LogP contribution in [0.3, 0.4) is 0 Å². The fourth-order valence-electron chi connectivity index (χ4n) is 4.19. The van der Waals surface area contributed by atoms with E-state index in [-0.39, 0.29) is 11.4 Å². The molecule has 2 heterocycles. The van der Waals surface area contributed by atoms with Crippen LogP contribution in [-0.2, 0) is 14.4 Å². The average Bonchev–Trinajstić information content (AvgIpc) is 3.31. The Morgan fingerprint density at radius 2 is 1.50 bits per heavy atom. The summed E-state index contributed by atoms with van der Waals surface area (Å²) in [6.45, 7) is 0. The normalized spacial score (nSPS) is 22.3. The van der Waals surface area contributed by atoms with E-state index in [1.165, 1.54) is 41.5 Å². The second-order valence-electron chi connectivity index (χ2n) is 7.49. The minimum absolute atomic E-state index is 0.149. The number of halogens is 1. The number of carbonyl (C=O) groups excluding carboxylic acids is 2. The van der Waals surface area contributed by atoms with E-state index in [0.29, 0.717) is 11.3 Å². The van der Waals surface area contributed by atoms with Crippen LogP contribution >= 0.6 is 0 Å². The first-order valence-corrected chi connectivity index (χ1v) is 9.84.